The minimum atomic E-state index is 0.0922. The summed E-state index contributed by atoms with van der Waals surface area (Å²) >= 11 is 0. The summed E-state index contributed by atoms with van der Waals surface area (Å²) in [6, 6.07) is 0.741. The lowest BCUT2D eigenvalue weighted by atomic mass is 10.1. The lowest BCUT2D eigenvalue weighted by Gasteiger charge is -2.30. The Labute approximate surface area is 121 Å². The van der Waals surface area contributed by atoms with Crippen LogP contribution in [0.25, 0.3) is 0 Å². The largest absolute Gasteiger partial charge is 0.432 e. The first kappa shape index (κ1) is 15.3. The first-order chi connectivity index (χ1) is 9.48. The molecule has 0 saturated carbocycles. The van der Waals surface area contributed by atoms with Gasteiger partial charge in [0.2, 0.25) is 0 Å². The third-order valence-corrected chi connectivity index (χ3v) is 3.45. The number of rotatable bonds is 5. The number of aromatic nitrogens is 1. The highest BCUT2D eigenvalue weighted by Crippen LogP contribution is 2.21. The van der Waals surface area contributed by atoms with Crippen LogP contribution >= 0.6 is 0 Å². The normalized spacial score (nSPS) is 17.7. The van der Waals surface area contributed by atoms with Gasteiger partial charge in [0.1, 0.15) is 6.26 Å². The van der Waals surface area contributed by atoms with E-state index in [1.54, 1.807) is 6.26 Å². The average molecular weight is 281 g/mol. The monoisotopic (exact) mass is 281 g/mol. The molecule has 1 aliphatic rings. The minimum absolute atomic E-state index is 0.0922. The lowest BCUT2D eigenvalue weighted by Crippen LogP contribution is -2.37. The highest BCUT2D eigenvalue weighted by atomic mass is 16.5. The van der Waals surface area contributed by atoms with Crippen molar-refractivity contribution in [3.63, 3.8) is 0 Å². The van der Waals surface area contributed by atoms with Crippen molar-refractivity contribution in [1.29, 1.82) is 0 Å². The quantitative estimate of drug-likeness (QED) is 0.899. The van der Waals surface area contributed by atoms with E-state index >= 15 is 0 Å². The van der Waals surface area contributed by atoms with Gasteiger partial charge in [-0.2, -0.15) is 4.98 Å². The summed E-state index contributed by atoms with van der Waals surface area (Å²) in [4.78, 5) is 6.77. The van der Waals surface area contributed by atoms with Crippen molar-refractivity contribution in [2.24, 2.45) is 0 Å². The van der Waals surface area contributed by atoms with E-state index in [1.165, 1.54) is 0 Å². The second-order valence-electron chi connectivity index (χ2n) is 6.37. The Hall–Kier alpha value is -1.07. The molecule has 5 heteroatoms. The molecule has 0 radical (unpaired) electrons. The Morgan fingerprint density at radius 3 is 2.70 bits per heavy atom. The van der Waals surface area contributed by atoms with Crippen LogP contribution in [0.5, 0.6) is 0 Å². The summed E-state index contributed by atoms with van der Waals surface area (Å²) in [6.45, 7) is 11.9. The molecule has 114 valence electrons. The number of ether oxygens (including phenoxy) is 1. The second-order valence-corrected chi connectivity index (χ2v) is 6.37. The second kappa shape index (κ2) is 6.59. The molecule has 1 saturated heterocycles. The van der Waals surface area contributed by atoms with E-state index in [2.05, 4.69) is 42.9 Å². The van der Waals surface area contributed by atoms with Crippen molar-refractivity contribution in [2.45, 2.75) is 58.7 Å². The number of oxazole rings is 1. The molecule has 0 aromatic carbocycles. The van der Waals surface area contributed by atoms with Crippen molar-refractivity contribution in [3.05, 3.63) is 12.0 Å². The number of anilines is 1. The van der Waals surface area contributed by atoms with E-state index in [0.29, 0.717) is 6.10 Å². The fourth-order valence-electron chi connectivity index (χ4n) is 2.33. The van der Waals surface area contributed by atoms with Crippen LogP contribution in [0, 0.1) is 0 Å². The molecule has 1 fully saturated rings. The molecular weight excluding hydrogens is 254 g/mol. The molecule has 2 heterocycles. The molecule has 1 N–H and O–H groups in total. The van der Waals surface area contributed by atoms with Crippen LogP contribution in [-0.2, 0) is 11.3 Å². The molecule has 1 aromatic rings. The number of piperidine rings is 1. The van der Waals surface area contributed by atoms with Gasteiger partial charge < -0.3 is 19.4 Å². The van der Waals surface area contributed by atoms with Gasteiger partial charge in [-0.05, 0) is 40.5 Å². The van der Waals surface area contributed by atoms with Gasteiger partial charge in [-0.3, -0.25) is 0 Å². The molecule has 20 heavy (non-hydrogen) atoms. The van der Waals surface area contributed by atoms with E-state index in [-0.39, 0.29) is 5.54 Å². The number of nitrogens with one attached hydrogen (secondary N) is 1. The minimum Gasteiger partial charge on any atom is -0.432 e. The standard InChI is InChI=1S/C15H27N3O2/c1-5-19-13-6-8-18(9-7-13)14-17-12(11-20-14)10-16-15(2,3)4/h11,13,16H,5-10H2,1-4H3. The van der Waals surface area contributed by atoms with E-state index in [0.717, 1.165) is 50.8 Å². The van der Waals surface area contributed by atoms with Gasteiger partial charge in [-0.15, -0.1) is 0 Å². The summed E-state index contributed by atoms with van der Waals surface area (Å²) in [6.07, 6.45) is 4.24. The summed E-state index contributed by atoms with van der Waals surface area (Å²) in [5.41, 5.74) is 1.05. The molecule has 0 amide bonds. The molecule has 0 spiro atoms. The summed E-state index contributed by atoms with van der Waals surface area (Å²) in [7, 11) is 0. The molecule has 0 bridgehead atoms. The predicted octanol–water partition coefficient (Wildman–Crippen LogP) is 2.57. The molecule has 1 aliphatic heterocycles. The van der Waals surface area contributed by atoms with E-state index in [1.807, 2.05) is 0 Å². The molecule has 2 rings (SSSR count). The molecule has 0 aliphatic carbocycles. The lowest BCUT2D eigenvalue weighted by molar-refractivity contribution is 0.0453. The SMILES string of the molecule is CCOC1CCN(c2nc(CNC(C)(C)C)co2)CC1. The van der Waals surface area contributed by atoms with Crippen LogP contribution in [-0.4, -0.2) is 36.3 Å². The zero-order valence-corrected chi connectivity index (χ0v) is 13.1. The van der Waals surface area contributed by atoms with Crippen molar-refractivity contribution in [2.75, 3.05) is 24.6 Å². The molecule has 0 atom stereocenters. The van der Waals surface area contributed by atoms with E-state index < -0.39 is 0 Å². The zero-order valence-electron chi connectivity index (χ0n) is 13.1. The van der Waals surface area contributed by atoms with Crippen molar-refractivity contribution in [1.82, 2.24) is 10.3 Å². The first-order valence-corrected chi connectivity index (χ1v) is 7.54. The van der Waals surface area contributed by atoms with Gasteiger partial charge in [-0.1, -0.05) is 0 Å². The van der Waals surface area contributed by atoms with Crippen molar-refractivity contribution in [3.8, 4) is 0 Å². The third-order valence-electron chi connectivity index (χ3n) is 3.45. The van der Waals surface area contributed by atoms with Crippen LogP contribution in [0.2, 0.25) is 0 Å². The van der Waals surface area contributed by atoms with Crippen LogP contribution in [0.3, 0.4) is 0 Å². The third kappa shape index (κ3) is 4.49. The number of nitrogens with zero attached hydrogens (tertiary/aromatic N) is 2. The van der Waals surface area contributed by atoms with Gasteiger partial charge in [0.05, 0.1) is 11.8 Å². The molecule has 0 unspecified atom stereocenters. The van der Waals surface area contributed by atoms with Crippen LogP contribution in [0.1, 0.15) is 46.2 Å². The average Bonchev–Trinajstić information content (AvgIpc) is 2.86. The van der Waals surface area contributed by atoms with Crippen molar-refractivity contribution >= 4 is 6.01 Å². The van der Waals surface area contributed by atoms with Gasteiger partial charge in [0.25, 0.3) is 6.01 Å². The maximum atomic E-state index is 5.66. The Kier molecular flexibility index (Phi) is 5.05. The van der Waals surface area contributed by atoms with Crippen LogP contribution in [0.4, 0.5) is 6.01 Å². The molecule has 1 aromatic heterocycles. The number of hydrogen-bond donors (Lipinski definition) is 1. The molecule has 5 nitrogen and oxygen atoms in total. The first-order valence-electron chi connectivity index (χ1n) is 7.54. The van der Waals surface area contributed by atoms with Gasteiger partial charge in [-0.25, -0.2) is 0 Å². The summed E-state index contributed by atoms with van der Waals surface area (Å²) < 4.78 is 11.3. The Balaban J connectivity index is 1.84. The Morgan fingerprint density at radius 2 is 2.10 bits per heavy atom. The highest BCUT2D eigenvalue weighted by Gasteiger charge is 2.22. The Bertz CT molecular complexity index is 403. The predicted molar refractivity (Wildman–Crippen MR) is 80.0 cm³/mol. The van der Waals surface area contributed by atoms with Gasteiger partial charge in [0.15, 0.2) is 0 Å². The molecular formula is C15H27N3O2. The van der Waals surface area contributed by atoms with Gasteiger partial charge >= 0.3 is 0 Å². The van der Waals surface area contributed by atoms with Crippen LogP contribution in [0.15, 0.2) is 10.7 Å². The van der Waals surface area contributed by atoms with E-state index in [9.17, 15) is 0 Å². The Morgan fingerprint density at radius 1 is 1.40 bits per heavy atom. The highest BCUT2D eigenvalue weighted by molar-refractivity contribution is 5.27. The zero-order chi connectivity index (χ0) is 14.6. The maximum absolute atomic E-state index is 5.66. The fraction of sp³-hybridized carbons (Fsp3) is 0.800. The summed E-state index contributed by atoms with van der Waals surface area (Å²) in [5, 5.41) is 3.42. The smallest absolute Gasteiger partial charge is 0.297 e. The maximum Gasteiger partial charge on any atom is 0.297 e. The van der Waals surface area contributed by atoms with E-state index in [4.69, 9.17) is 9.15 Å². The van der Waals surface area contributed by atoms with Gasteiger partial charge in [0, 0.05) is 31.8 Å². The number of hydrogen-bond acceptors (Lipinski definition) is 5. The topological polar surface area (TPSA) is 50.5 Å². The fourth-order valence-corrected chi connectivity index (χ4v) is 2.33. The van der Waals surface area contributed by atoms with Crippen molar-refractivity contribution < 1.29 is 9.15 Å². The summed E-state index contributed by atoms with van der Waals surface area (Å²) in [5.74, 6) is 0. The van der Waals surface area contributed by atoms with Crippen LogP contribution < -0.4 is 10.2 Å².